The monoisotopic (exact) mass is 312 g/mol. The van der Waals surface area contributed by atoms with Crippen LogP contribution in [0, 0.1) is 0 Å². The summed E-state index contributed by atoms with van der Waals surface area (Å²) in [6.45, 7) is 4.63. The van der Waals surface area contributed by atoms with Crippen molar-refractivity contribution in [2.45, 2.75) is 38.8 Å². The highest BCUT2D eigenvalue weighted by atomic mass is 16.5. The van der Waals surface area contributed by atoms with E-state index in [1.807, 2.05) is 25.1 Å². The van der Waals surface area contributed by atoms with Gasteiger partial charge in [-0.15, -0.1) is 0 Å². The molecule has 0 radical (unpaired) electrons. The Kier molecular flexibility index (Phi) is 5.08. The summed E-state index contributed by atoms with van der Waals surface area (Å²) in [5.74, 6) is 1.32. The van der Waals surface area contributed by atoms with Gasteiger partial charge in [0, 0.05) is 18.3 Å². The van der Waals surface area contributed by atoms with Crippen molar-refractivity contribution >= 4 is 5.95 Å². The minimum Gasteiger partial charge on any atom is -0.494 e. The Hall–Kier alpha value is -2.14. The Labute approximate surface area is 137 Å². The lowest BCUT2D eigenvalue weighted by Crippen LogP contribution is -2.33. The van der Waals surface area contributed by atoms with Crippen LogP contribution in [0.3, 0.4) is 0 Å². The fraction of sp³-hybridized carbons (Fsp3) is 0.444. The lowest BCUT2D eigenvalue weighted by atomic mass is 9.98. The number of hydrogen-bond donors (Lipinski definition) is 1. The molecule has 0 spiro atoms. The number of benzene rings is 1. The maximum Gasteiger partial charge on any atom is 0.220 e. The van der Waals surface area contributed by atoms with Crippen LogP contribution in [0.15, 0.2) is 36.5 Å². The number of rotatable bonds is 5. The molecule has 1 aliphatic rings. The summed E-state index contributed by atoms with van der Waals surface area (Å²) < 4.78 is 5.77. The average molecular weight is 312 g/mol. The third-order valence-electron chi connectivity index (χ3n) is 4.30. The molecule has 1 aromatic carbocycles. The average Bonchev–Trinajstić information content (AvgIpc) is 2.57. The smallest absolute Gasteiger partial charge is 0.220 e. The van der Waals surface area contributed by atoms with Crippen LogP contribution >= 0.6 is 0 Å². The zero-order valence-electron chi connectivity index (χ0n) is 13.6. The van der Waals surface area contributed by atoms with E-state index in [0.29, 0.717) is 18.6 Å². The molecule has 122 valence electrons. The van der Waals surface area contributed by atoms with E-state index in [4.69, 9.17) is 10.5 Å². The lowest BCUT2D eigenvalue weighted by Gasteiger charge is -2.35. The van der Waals surface area contributed by atoms with Gasteiger partial charge in [0.05, 0.1) is 18.3 Å². The zero-order chi connectivity index (χ0) is 16.1. The molecule has 1 unspecified atom stereocenters. The van der Waals surface area contributed by atoms with Crippen molar-refractivity contribution < 1.29 is 4.74 Å². The predicted octanol–water partition coefficient (Wildman–Crippen LogP) is 3.18. The molecule has 2 aromatic rings. The van der Waals surface area contributed by atoms with Crippen molar-refractivity contribution in [1.82, 2.24) is 14.9 Å². The molecular formula is C18H24N4O. The molecule has 1 aromatic heterocycles. The number of para-hydroxylation sites is 1. The van der Waals surface area contributed by atoms with Gasteiger partial charge in [-0.1, -0.05) is 24.6 Å². The Balaban J connectivity index is 1.82. The van der Waals surface area contributed by atoms with E-state index in [1.165, 1.54) is 18.4 Å². The largest absolute Gasteiger partial charge is 0.494 e. The van der Waals surface area contributed by atoms with Gasteiger partial charge in [-0.05, 0) is 38.4 Å². The van der Waals surface area contributed by atoms with Gasteiger partial charge in [-0.25, -0.2) is 9.97 Å². The van der Waals surface area contributed by atoms with Gasteiger partial charge in [-0.3, -0.25) is 4.90 Å². The Morgan fingerprint density at radius 1 is 1.26 bits per heavy atom. The molecule has 0 saturated carbocycles. The number of ether oxygens (including phenoxy) is 1. The maximum absolute atomic E-state index is 5.77. The van der Waals surface area contributed by atoms with Crippen LogP contribution in [-0.2, 0) is 6.54 Å². The number of likely N-dealkylation sites (tertiary alicyclic amines) is 1. The summed E-state index contributed by atoms with van der Waals surface area (Å²) >= 11 is 0. The first-order chi connectivity index (χ1) is 11.3. The summed E-state index contributed by atoms with van der Waals surface area (Å²) in [6, 6.07) is 10.6. The van der Waals surface area contributed by atoms with Crippen molar-refractivity contribution in [3.8, 4) is 5.75 Å². The molecule has 1 saturated heterocycles. The first kappa shape index (κ1) is 15.7. The van der Waals surface area contributed by atoms with Crippen molar-refractivity contribution in [3.63, 3.8) is 0 Å². The molecule has 0 bridgehead atoms. The van der Waals surface area contributed by atoms with Crippen molar-refractivity contribution in [2.24, 2.45) is 0 Å². The molecule has 1 aliphatic heterocycles. The minimum atomic E-state index is 0.295. The number of nitrogens with two attached hydrogens (primary N) is 1. The van der Waals surface area contributed by atoms with Gasteiger partial charge in [0.1, 0.15) is 5.75 Å². The van der Waals surface area contributed by atoms with E-state index >= 15 is 0 Å². The molecule has 2 N–H and O–H groups in total. The van der Waals surface area contributed by atoms with E-state index < -0.39 is 0 Å². The lowest BCUT2D eigenvalue weighted by molar-refractivity contribution is 0.135. The molecule has 0 amide bonds. The van der Waals surface area contributed by atoms with Gasteiger partial charge < -0.3 is 10.5 Å². The number of hydrogen-bond acceptors (Lipinski definition) is 5. The number of anilines is 1. The summed E-state index contributed by atoms with van der Waals surface area (Å²) in [5, 5.41) is 0. The fourth-order valence-electron chi connectivity index (χ4n) is 3.24. The van der Waals surface area contributed by atoms with Crippen LogP contribution < -0.4 is 10.5 Å². The number of piperidine rings is 1. The van der Waals surface area contributed by atoms with Gasteiger partial charge in [-0.2, -0.15) is 0 Å². The van der Waals surface area contributed by atoms with Gasteiger partial charge in [0.15, 0.2) is 0 Å². The molecule has 0 aliphatic carbocycles. The molecule has 2 heterocycles. The third kappa shape index (κ3) is 3.79. The summed E-state index contributed by atoms with van der Waals surface area (Å²) in [4.78, 5) is 10.9. The first-order valence-electron chi connectivity index (χ1n) is 8.31. The van der Waals surface area contributed by atoms with Crippen molar-refractivity contribution in [1.29, 1.82) is 0 Å². The zero-order valence-corrected chi connectivity index (χ0v) is 13.6. The van der Waals surface area contributed by atoms with E-state index in [2.05, 4.69) is 27.0 Å². The maximum atomic E-state index is 5.77. The first-order valence-corrected chi connectivity index (χ1v) is 8.31. The van der Waals surface area contributed by atoms with Crippen LogP contribution in [-0.4, -0.2) is 28.0 Å². The standard InChI is InChI=1S/C18H24N4O/c1-2-23-17-9-4-3-7-14(17)13-22-12-6-5-8-16(22)15-10-11-20-18(19)21-15/h3-4,7,9-11,16H,2,5-6,8,12-13H2,1H3,(H2,19,20,21). The Bertz CT molecular complexity index is 646. The highest BCUT2D eigenvalue weighted by Crippen LogP contribution is 2.32. The summed E-state index contributed by atoms with van der Waals surface area (Å²) in [6.07, 6.45) is 5.29. The van der Waals surface area contributed by atoms with E-state index in [0.717, 1.165) is 31.0 Å². The van der Waals surface area contributed by atoms with Crippen LogP contribution in [0.5, 0.6) is 5.75 Å². The molecular weight excluding hydrogens is 288 g/mol. The second kappa shape index (κ2) is 7.42. The third-order valence-corrected chi connectivity index (χ3v) is 4.30. The van der Waals surface area contributed by atoms with Crippen molar-refractivity contribution in [3.05, 3.63) is 47.8 Å². The molecule has 3 rings (SSSR count). The number of nitrogen functional groups attached to an aromatic ring is 1. The van der Waals surface area contributed by atoms with E-state index in [9.17, 15) is 0 Å². The minimum absolute atomic E-state index is 0.295. The van der Waals surface area contributed by atoms with Gasteiger partial charge in [0.2, 0.25) is 5.95 Å². The molecule has 1 atom stereocenters. The van der Waals surface area contributed by atoms with Crippen LogP contribution in [0.25, 0.3) is 0 Å². The SMILES string of the molecule is CCOc1ccccc1CN1CCCCC1c1ccnc(N)n1. The molecule has 5 heteroatoms. The van der Waals surface area contributed by atoms with Crippen molar-refractivity contribution in [2.75, 3.05) is 18.9 Å². The predicted molar refractivity (Wildman–Crippen MR) is 91.1 cm³/mol. The Morgan fingerprint density at radius 2 is 2.13 bits per heavy atom. The van der Waals surface area contributed by atoms with E-state index in [1.54, 1.807) is 6.20 Å². The fourth-order valence-corrected chi connectivity index (χ4v) is 3.24. The van der Waals surface area contributed by atoms with E-state index in [-0.39, 0.29) is 0 Å². The molecule has 23 heavy (non-hydrogen) atoms. The van der Waals surface area contributed by atoms with Crippen LogP contribution in [0.1, 0.15) is 43.5 Å². The van der Waals surface area contributed by atoms with Crippen LogP contribution in [0.2, 0.25) is 0 Å². The topological polar surface area (TPSA) is 64.3 Å². The highest BCUT2D eigenvalue weighted by molar-refractivity contribution is 5.33. The van der Waals surface area contributed by atoms with Crippen LogP contribution in [0.4, 0.5) is 5.95 Å². The second-order valence-electron chi connectivity index (χ2n) is 5.86. The van der Waals surface area contributed by atoms with Gasteiger partial charge in [0.25, 0.3) is 0 Å². The quantitative estimate of drug-likeness (QED) is 0.918. The molecule has 1 fully saturated rings. The number of nitrogens with zero attached hydrogens (tertiary/aromatic N) is 3. The Morgan fingerprint density at radius 3 is 2.96 bits per heavy atom. The highest BCUT2D eigenvalue weighted by Gasteiger charge is 2.26. The van der Waals surface area contributed by atoms with Gasteiger partial charge >= 0.3 is 0 Å². The normalized spacial score (nSPS) is 18.7. The number of aromatic nitrogens is 2. The summed E-state index contributed by atoms with van der Waals surface area (Å²) in [5.41, 5.74) is 8.01. The molecule has 5 nitrogen and oxygen atoms in total. The summed E-state index contributed by atoms with van der Waals surface area (Å²) in [7, 11) is 0. The second-order valence-corrected chi connectivity index (χ2v) is 5.86.